The minimum atomic E-state index is -0.150. The van der Waals surface area contributed by atoms with Gasteiger partial charge < -0.3 is 9.15 Å². The van der Waals surface area contributed by atoms with Gasteiger partial charge in [-0.1, -0.05) is 36.3 Å². The minimum absolute atomic E-state index is 0.139. The van der Waals surface area contributed by atoms with Crippen molar-refractivity contribution in [1.29, 1.82) is 0 Å². The van der Waals surface area contributed by atoms with Gasteiger partial charge in [0.1, 0.15) is 5.75 Å². The maximum atomic E-state index is 12.1. The van der Waals surface area contributed by atoms with Gasteiger partial charge in [-0.3, -0.25) is 10.1 Å². The molecule has 0 unspecified atom stereocenters. The van der Waals surface area contributed by atoms with Crippen LogP contribution in [0, 0.1) is 0 Å². The Balaban J connectivity index is 1.43. The molecule has 0 atom stereocenters. The van der Waals surface area contributed by atoms with Crippen molar-refractivity contribution in [2.75, 3.05) is 18.2 Å². The van der Waals surface area contributed by atoms with Crippen LogP contribution in [-0.2, 0) is 17.6 Å². The van der Waals surface area contributed by atoms with Gasteiger partial charge in [0, 0.05) is 17.1 Å². The van der Waals surface area contributed by atoms with Gasteiger partial charge in [0.25, 0.3) is 0 Å². The highest BCUT2D eigenvalue weighted by Gasteiger charge is 2.10. The zero-order chi connectivity index (χ0) is 19.8. The van der Waals surface area contributed by atoms with E-state index in [1.54, 1.807) is 18.9 Å². The van der Waals surface area contributed by atoms with E-state index in [9.17, 15) is 4.79 Å². The molecule has 3 rings (SSSR count). The van der Waals surface area contributed by atoms with Crippen molar-refractivity contribution in [3.05, 3.63) is 65.5 Å². The first-order valence-corrected chi connectivity index (χ1v) is 10.1. The normalized spacial score (nSPS) is 10.6. The number of aryl methyl sites for hydroxylation is 1. The van der Waals surface area contributed by atoms with Gasteiger partial charge in [0.15, 0.2) is 0 Å². The SMILES string of the molecule is CCc1ccc(Cc2nnc(NC(=O)CCSc3ccc(OC)cc3)o2)cc1. The summed E-state index contributed by atoms with van der Waals surface area (Å²) < 4.78 is 10.7. The van der Waals surface area contributed by atoms with Gasteiger partial charge in [-0.25, -0.2) is 0 Å². The maximum absolute atomic E-state index is 12.1. The standard InChI is InChI=1S/C21H23N3O3S/c1-3-15-4-6-16(7-5-15)14-20-23-24-21(27-20)22-19(25)12-13-28-18-10-8-17(26-2)9-11-18/h4-11H,3,12-14H2,1-2H3,(H,22,24,25). The number of hydrogen-bond donors (Lipinski definition) is 1. The van der Waals surface area contributed by atoms with E-state index < -0.39 is 0 Å². The first kappa shape index (κ1) is 19.9. The molecule has 0 saturated carbocycles. The third-order valence-corrected chi connectivity index (χ3v) is 5.17. The highest BCUT2D eigenvalue weighted by molar-refractivity contribution is 7.99. The highest BCUT2D eigenvalue weighted by Crippen LogP contribution is 2.22. The molecule has 2 aromatic carbocycles. The molecule has 28 heavy (non-hydrogen) atoms. The summed E-state index contributed by atoms with van der Waals surface area (Å²) in [5, 5.41) is 10.6. The number of nitrogens with zero attached hydrogens (tertiary/aromatic N) is 2. The van der Waals surface area contributed by atoms with Crippen LogP contribution < -0.4 is 10.1 Å². The zero-order valence-corrected chi connectivity index (χ0v) is 16.8. The summed E-state index contributed by atoms with van der Waals surface area (Å²) in [5.74, 6) is 1.80. The topological polar surface area (TPSA) is 77.2 Å². The van der Waals surface area contributed by atoms with Crippen molar-refractivity contribution in [2.45, 2.75) is 31.1 Å². The number of aromatic nitrogens is 2. The molecular formula is C21H23N3O3S. The van der Waals surface area contributed by atoms with Crippen LogP contribution in [0.2, 0.25) is 0 Å². The number of benzene rings is 2. The first-order valence-electron chi connectivity index (χ1n) is 9.13. The Hall–Kier alpha value is -2.80. The van der Waals surface area contributed by atoms with E-state index in [4.69, 9.17) is 9.15 Å². The molecule has 0 aliphatic carbocycles. The second-order valence-electron chi connectivity index (χ2n) is 6.17. The van der Waals surface area contributed by atoms with Gasteiger partial charge in [0.05, 0.1) is 13.5 Å². The fraction of sp³-hybridized carbons (Fsp3) is 0.286. The average molecular weight is 398 g/mol. The maximum Gasteiger partial charge on any atom is 0.322 e. The van der Waals surface area contributed by atoms with Gasteiger partial charge in [-0.2, -0.15) is 0 Å². The summed E-state index contributed by atoms with van der Waals surface area (Å²) in [6, 6.07) is 16.2. The molecule has 0 aliphatic heterocycles. The summed E-state index contributed by atoms with van der Waals surface area (Å²) in [4.78, 5) is 13.2. The smallest absolute Gasteiger partial charge is 0.322 e. The number of anilines is 1. The quantitative estimate of drug-likeness (QED) is 0.541. The molecule has 1 aromatic heterocycles. The molecule has 1 N–H and O–H groups in total. The number of rotatable bonds is 9. The van der Waals surface area contributed by atoms with Crippen molar-refractivity contribution in [3.63, 3.8) is 0 Å². The Morgan fingerprint density at radius 2 is 1.79 bits per heavy atom. The van der Waals surface area contributed by atoms with Gasteiger partial charge in [0.2, 0.25) is 11.8 Å². The largest absolute Gasteiger partial charge is 0.497 e. The molecule has 7 heteroatoms. The number of ether oxygens (including phenoxy) is 1. The predicted octanol–water partition coefficient (Wildman–Crippen LogP) is 4.35. The molecule has 0 fully saturated rings. The number of amides is 1. The summed E-state index contributed by atoms with van der Waals surface area (Å²) in [6.07, 6.45) is 1.90. The number of carbonyl (C=O) groups excluding carboxylic acids is 1. The fourth-order valence-corrected chi connectivity index (χ4v) is 3.41. The summed E-state index contributed by atoms with van der Waals surface area (Å²) in [7, 11) is 1.64. The summed E-state index contributed by atoms with van der Waals surface area (Å²) in [6.45, 7) is 2.12. The second kappa shape index (κ2) is 9.94. The Morgan fingerprint density at radius 1 is 1.07 bits per heavy atom. The molecule has 1 heterocycles. The Bertz CT molecular complexity index is 892. The van der Waals surface area contributed by atoms with E-state index in [1.807, 2.05) is 24.3 Å². The Labute approximate surface area is 168 Å². The predicted molar refractivity (Wildman–Crippen MR) is 110 cm³/mol. The Morgan fingerprint density at radius 3 is 2.46 bits per heavy atom. The number of hydrogen-bond acceptors (Lipinski definition) is 6. The molecule has 0 saturated heterocycles. The first-order chi connectivity index (χ1) is 13.7. The van der Waals surface area contributed by atoms with Crippen LogP contribution in [0.15, 0.2) is 57.8 Å². The van der Waals surface area contributed by atoms with Gasteiger partial charge >= 0.3 is 6.01 Å². The molecule has 0 spiro atoms. The molecule has 1 amide bonds. The van der Waals surface area contributed by atoms with Crippen LogP contribution in [0.5, 0.6) is 5.75 Å². The molecular weight excluding hydrogens is 374 g/mol. The Kier molecular flexibility index (Phi) is 7.08. The lowest BCUT2D eigenvalue weighted by Gasteiger charge is -2.03. The minimum Gasteiger partial charge on any atom is -0.497 e. The molecule has 3 aromatic rings. The number of thioether (sulfide) groups is 1. The lowest BCUT2D eigenvalue weighted by Crippen LogP contribution is -2.12. The summed E-state index contributed by atoms with van der Waals surface area (Å²) in [5.41, 5.74) is 2.38. The highest BCUT2D eigenvalue weighted by atomic mass is 32.2. The van der Waals surface area contributed by atoms with Crippen LogP contribution in [-0.4, -0.2) is 29.0 Å². The van der Waals surface area contributed by atoms with Gasteiger partial charge in [-0.15, -0.1) is 16.9 Å². The summed E-state index contributed by atoms with van der Waals surface area (Å²) >= 11 is 1.61. The van der Waals surface area contributed by atoms with E-state index in [0.29, 0.717) is 24.5 Å². The lowest BCUT2D eigenvalue weighted by atomic mass is 10.1. The zero-order valence-electron chi connectivity index (χ0n) is 16.0. The van der Waals surface area contributed by atoms with Gasteiger partial charge in [-0.05, 0) is 41.8 Å². The number of carbonyl (C=O) groups is 1. The fourth-order valence-electron chi connectivity index (χ4n) is 2.56. The molecule has 0 bridgehead atoms. The van der Waals surface area contributed by atoms with Crippen LogP contribution in [0.25, 0.3) is 0 Å². The third-order valence-electron chi connectivity index (χ3n) is 4.16. The van der Waals surface area contributed by atoms with Crippen molar-refractivity contribution in [1.82, 2.24) is 10.2 Å². The van der Waals surface area contributed by atoms with E-state index in [2.05, 4.69) is 46.7 Å². The molecule has 0 radical (unpaired) electrons. The number of nitrogens with one attached hydrogen (secondary N) is 1. The van der Waals surface area contributed by atoms with Crippen molar-refractivity contribution < 1.29 is 13.9 Å². The van der Waals surface area contributed by atoms with E-state index in [0.717, 1.165) is 22.6 Å². The molecule has 6 nitrogen and oxygen atoms in total. The molecule has 0 aliphatic rings. The second-order valence-corrected chi connectivity index (χ2v) is 7.34. The van der Waals surface area contributed by atoms with Crippen LogP contribution in [0.1, 0.15) is 30.4 Å². The monoisotopic (exact) mass is 397 g/mol. The van der Waals surface area contributed by atoms with Crippen LogP contribution in [0.3, 0.4) is 0 Å². The van der Waals surface area contributed by atoms with Crippen molar-refractivity contribution in [2.24, 2.45) is 0 Å². The average Bonchev–Trinajstić information content (AvgIpc) is 3.15. The van der Waals surface area contributed by atoms with Crippen LogP contribution >= 0.6 is 11.8 Å². The third kappa shape index (κ3) is 5.85. The van der Waals surface area contributed by atoms with Crippen LogP contribution in [0.4, 0.5) is 6.01 Å². The van der Waals surface area contributed by atoms with Crippen molar-refractivity contribution >= 4 is 23.7 Å². The van der Waals surface area contributed by atoms with E-state index >= 15 is 0 Å². The lowest BCUT2D eigenvalue weighted by molar-refractivity contribution is -0.115. The van der Waals surface area contributed by atoms with Crippen molar-refractivity contribution in [3.8, 4) is 5.75 Å². The molecule has 146 valence electrons. The van der Waals surface area contributed by atoms with E-state index in [1.165, 1.54) is 5.56 Å². The number of methoxy groups -OCH3 is 1. The van der Waals surface area contributed by atoms with E-state index in [-0.39, 0.29) is 11.9 Å².